The van der Waals surface area contributed by atoms with Crippen LogP contribution in [0.5, 0.6) is 11.5 Å². The number of hydrogen-bond donors (Lipinski definition) is 2. The van der Waals surface area contributed by atoms with Gasteiger partial charge in [-0.25, -0.2) is 0 Å². The molecule has 1 amide bonds. The van der Waals surface area contributed by atoms with Crippen molar-refractivity contribution < 1.29 is 18.8 Å². The molecule has 0 aliphatic carbocycles. The van der Waals surface area contributed by atoms with E-state index >= 15 is 0 Å². The zero-order chi connectivity index (χ0) is 20.4. The van der Waals surface area contributed by atoms with Crippen LogP contribution < -0.4 is 20.1 Å². The largest absolute Gasteiger partial charge is 0.497 e. The molecule has 0 radical (unpaired) electrons. The van der Waals surface area contributed by atoms with Crippen LogP contribution >= 0.6 is 0 Å². The third-order valence-corrected chi connectivity index (χ3v) is 4.91. The molecule has 1 fully saturated rings. The topological polar surface area (TPSA) is 85.6 Å². The summed E-state index contributed by atoms with van der Waals surface area (Å²) in [6.07, 6.45) is 0.131. The smallest absolute Gasteiger partial charge is 0.255 e. The molecule has 0 saturated carbocycles. The SMILES string of the molecule is COc1cccc(C(=O)Nc2ccc(OC3CNC3)c(-c3c(C)noc3C)c2)c1. The van der Waals surface area contributed by atoms with Crippen LogP contribution in [0.4, 0.5) is 5.69 Å². The number of benzene rings is 2. The third kappa shape index (κ3) is 3.95. The van der Waals surface area contributed by atoms with E-state index in [0.717, 1.165) is 35.7 Å². The van der Waals surface area contributed by atoms with Crippen LogP contribution in [0.2, 0.25) is 0 Å². The van der Waals surface area contributed by atoms with Crippen LogP contribution in [0, 0.1) is 13.8 Å². The van der Waals surface area contributed by atoms with E-state index in [1.807, 2.05) is 32.0 Å². The van der Waals surface area contributed by atoms with Gasteiger partial charge in [0.15, 0.2) is 0 Å². The highest BCUT2D eigenvalue weighted by atomic mass is 16.5. The Balaban J connectivity index is 1.65. The molecule has 1 aliphatic rings. The lowest BCUT2D eigenvalue weighted by atomic mass is 10.0. The molecule has 2 heterocycles. The number of carbonyl (C=O) groups is 1. The number of aryl methyl sites for hydroxylation is 2. The lowest BCUT2D eigenvalue weighted by molar-refractivity contribution is 0.102. The maximum atomic E-state index is 12.7. The second kappa shape index (κ2) is 7.97. The van der Waals surface area contributed by atoms with E-state index in [2.05, 4.69) is 15.8 Å². The lowest BCUT2D eigenvalue weighted by Gasteiger charge is -2.29. The zero-order valence-corrected chi connectivity index (χ0v) is 16.6. The Morgan fingerprint density at radius 2 is 2.03 bits per heavy atom. The summed E-state index contributed by atoms with van der Waals surface area (Å²) >= 11 is 0. The molecule has 3 aromatic rings. The highest BCUT2D eigenvalue weighted by Gasteiger charge is 2.23. The van der Waals surface area contributed by atoms with Crippen molar-refractivity contribution in [3.05, 3.63) is 59.5 Å². The molecule has 150 valence electrons. The van der Waals surface area contributed by atoms with Gasteiger partial charge in [-0.1, -0.05) is 11.2 Å². The number of hydrogen-bond acceptors (Lipinski definition) is 6. The van der Waals surface area contributed by atoms with Crippen molar-refractivity contribution in [3.63, 3.8) is 0 Å². The molecule has 1 aliphatic heterocycles. The molecule has 2 aromatic carbocycles. The van der Waals surface area contributed by atoms with Crippen LogP contribution in [0.15, 0.2) is 47.0 Å². The second-order valence-electron chi connectivity index (χ2n) is 6.99. The highest BCUT2D eigenvalue weighted by molar-refractivity contribution is 6.05. The number of aromatic nitrogens is 1. The Morgan fingerprint density at radius 3 is 2.69 bits per heavy atom. The van der Waals surface area contributed by atoms with Gasteiger partial charge in [-0.15, -0.1) is 0 Å². The number of amides is 1. The Bertz CT molecular complexity index is 1020. The summed E-state index contributed by atoms with van der Waals surface area (Å²) < 4.78 is 16.7. The maximum Gasteiger partial charge on any atom is 0.255 e. The number of carbonyl (C=O) groups excluding carboxylic acids is 1. The summed E-state index contributed by atoms with van der Waals surface area (Å²) in [5.41, 5.74) is 3.67. The first kappa shape index (κ1) is 19.0. The zero-order valence-electron chi connectivity index (χ0n) is 16.6. The van der Waals surface area contributed by atoms with Crippen LogP contribution in [0.25, 0.3) is 11.1 Å². The molecule has 1 aromatic heterocycles. The molecule has 1 saturated heterocycles. The molecule has 4 rings (SSSR count). The van der Waals surface area contributed by atoms with Crippen LogP contribution in [0.3, 0.4) is 0 Å². The number of anilines is 1. The minimum atomic E-state index is -0.217. The Hall–Kier alpha value is -3.32. The third-order valence-electron chi connectivity index (χ3n) is 4.91. The number of nitrogens with zero attached hydrogens (tertiary/aromatic N) is 1. The van der Waals surface area contributed by atoms with E-state index in [1.165, 1.54) is 0 Å². The summed E-state index contributed by atoms with van der Waals surface area (Å²) in [6, 6.07) is 12.6. The van der Waals surface area contributed by atoms with Gasteiger partial charge in [-0.2, -0.15) is 0 Å². The van der Waals surface area contributed by atoms with Crippen LogP contribution in [-0.2, 0) is 0 Å². The van der Waals surface area contributed by atoms with Crippen molar-refractivity contribution in [2.45, 2.75) is 20.0 Å². The standard InChI is InChI=1S/C22H23N3O4/c1-13-21(14(2)29-25-13)19-10-16(7-8-20(19)28-18-11-23-12-18)24-22(26)15-5-4-6-17(9-15)27-3/h4-10,18,23H,11-12H2,1-3H3,(H,24,26). The van der Waals surface area contributed by atoms with E-state index < -0.39 is 0 Å². The van der Waals surface area contributed by atoms with Gasteiger partial charge in [0, 0.05) is 29.9 Å². The lowest BCUT2D eigenvalue weighted by Crippen LogP contribution is -2.50. The van der Waals surface area contributed by atoms with E-state index in [9.17, 15) is 4.79 Å². The molecule has 7 heteroatoms. The normalized spacial score (nSPS) is 13.6. The van der Waals surface area contributed by atoms with Crippen molar-refractivity contribution in [1.82, 2.24) is 10.5 Å². The fraction of sp³-hybridized carbons (Fsp3) is 0.273. The predicted octanol–water partition coefficient (Wildman–Crippen LogP) is 3.57. The molecular formula is C22H23N3O4. The Morgan fingerprint density at radius 1 is 1.21 bits per heavy atom. The van der Waals surface area contributed by atoms with Crippen molar-refractivity contribution >= 4 is 11.6 Å². The molecule has 0 unspecified atom stereocenters. The molecule has 0 spiro atoms. The minimum absolute atomic E-state index is 0.131. The average Bonchev–Trinajstić information content (AvgIpc) is 3.03. The predicted molar refractivity (Wildman–Crippen MR) is 110 cm³/mol. The van der Waals surface area contributed by atoms with Gasteiger partial charge in [-0.3, -0.25) is 4.79 Å². The van der Waals surface area contributed by atoms with Crippen LogP contribution in [0.1, 0.15) is 21.8 Å². The van der Waals surface area contributed by atoms with E-state index in [1.54, 1.807) is 31.4 Å². The van der Waals surface area contributed by atoms with Gasteiger partial charge >= 0.3 is 0 Å². The Labute approximate surface area is 169 Å². The van der Waals surface area contributed by atoms with Crippen molar-refractivity contribution in [2.24, 2.45) is 0 Å². The Kier molecular flexibility index (Phi) is 5.22. The number of methoxy groups -OCH3 is 1. The van der Waals surface area contributed by atoms with Gasteiger partial charge in [0.05, 0.1) is 18.4 Å². The van der Waals surface area contributed by atoms with Gasteiger partial charge in [0.2, 0.25) is 0 Å². The number of rotatable bonds is 6. The van der Waals surface area contributed by atoms with Gasteiger partial charge in [-0.05, 0) is 50.2 Å². The summed E-state index contributed by atoms with van der Waals surface area (Å²) in [4.78, 5) is 12.7. The first-order valence-corrected chi connectivity index (χ1v) is 9.45. The van der Waals surface area contributed by atoms with Crippen molar-refractivity contribution in [1.29, 1.82) is 0 Å². The van der Waals surface area contributed by atoms with E-state index in [-0.39, 0.29) is 12.0 Å². The molecule has 29 heavy (non-hydrogen) atoms. The first-order chi connectivity index (χ1) is 14.0. The monoisotopic (exact) mass is 393 g/mol. The fourth-order valence-electron chi connectivity index (χ4n) is 3.27. The van der Waals surface area contributed by atoms with Crippen molar-refractivity contribution in [2.75, 3.05) is 25.5 Å². The van der Waals surface area contributed by atoms with Gasteiger partial charge in [0.25, 0.3) is 5.91 Å². The molecule has 0 bridgehead atoms. The quantitative estimate of drug-likeness (QED) is 0.666. The van der Waals surface area contributed by atoms with E-state index in [4.69, 9.17) is 14.0 Å². The number of nitrogens with one attached hydrogen (secondary N) is 2. The highest BCUT2D eigenvalue weighted by Crippen LogP contribution is 2.37. The summed E-state index contributed by atoms with van der Waals surface area (Å²) in [7, 11) is 1.57. The maximum absolute atomic E-state index is 12.7. The molecular weight excluding hydrogens is 370 g/mol. The molecule has 2 N–H and O–H groups in total. The second-order valence-corrected chi connectivity index (χ2v) is 6.99. The van der Waals surface area contributed by atoms with Gasteiger partial charge < -0.3 is 24.6 Å². The average molecular weight is 393 g/mol. The summed E-state index contributed by atoms with van der Waals surface area (Å²) in [5, 5.41) is 10.2. The first-order valence-electron chi connectivity index (χ1n) is 9.45. The van der Waals surface area contributed by atoms with E-state index in [0.29, 0.717) is 22.8 Å². The fourth-order valence-corrected chi connectivity index (χ4v) is 3.27. The molecule has 0 atom stereocenters. The van der Waals surface area contributed by atoms with Crippen molar-refractivity contribution in [3.8, 4) is 22.6 Å². The van der Waals surface area contributed by atoms with Crippen LogP contribution in [-0.4, -0.2) is 37.4 Å². The molecule has 7 nitrogen and oxygen atoms in total. The number of ether oxygens (including phenoxy) is 2. The minimum Gasteiger partial charge on any atom is -0.497 e. The summed E-state index contributed by atoms with van der Waals surface area (Å²) in [5.74, 6) is 1.86. The summed E-state index contributed by atoms with van der Waals surface area (Å²) in [6.45, 7) is 5.39. The van der Waals surface area contributed by atoms with Gasteiger partial charge in [0.1, 0.15) is 23.4 Å².